The van der Waals surface area contributed by atoms with Gasteiger partial charge in [0, 0.05) is 12.3 Å². The zero-order valence-electron chi connectivity index (χ0n) is 14.7. The van der Waals surface area contributed by atoms with Crippen LogP contribution in [0.5, 0.6) is 11.5 Å². The van der Waals surface area contributed by atoms with Gasteiger partial charge in [0.1, 0.15) is 5.82 Å². The summed E-state index contributed by atoms with van der Waals surface area (Å²) in [6.45, 7) is -2.39. The molecule has 0 aliphatic rings. The minimum absolute atomic E-state index is 0.00514. The van der Waals surface area contributed by atoms with Gasteiger partial charge in [-0.3, -0.25) is 0 Å². The summed E-state index contributed by atoms with van der Waals surface area (Å²) < 4.78 is 47.9. The topological polar surface area (TPSA) is 56.3 Å². The number of methoxy groups -OCH3 is 1. The number of ether oxygens (including phenoxy) is 2. The molecule has 0 aliphatic heterocycles. The number of anilines is 1. The summed E-state index contributed by atoms with van der Waals surface area (Å²) in [4.78, 5) is 0. The molecule has 1 N–H and O–H groups in total. The second-order valence-electron chi connectivity index (χ2n) is 5.51. The standard InChI is InChI=1S/C18H16F3N3O2S2/c1-25-15-8-12(4-7-14(15)26-16(20)21)10-27-18-24-23-17(28-18)22-9-11-2-5-13(19)6-3-11/h2-8,16H,9-10H2,1H3,(H,22,23). The lowest BCUT2D eigenvalue weighted by molar-refractivity contribution is -0.0512. The Kier molecular flexibility index (Phi) is 6.99. The van der Waals surface area contributed by atoms with Gasteiger partial charge in [-0.2, -0.15) is 8.78 Å². The van der Waals surface area contributed by atoms with E-state index in [9.17, 15) is 13.2 Å². The lowest BCUT2D eigenvalue weighted by Gasteiger charge is -2.11. The lowest BCUT2D eigenvalue weighted by atomic mass is 10.2. The molecule has 0 saturated carbocycles. The average molecular weight is 427 g/mol. The number of benzene rings is 2. The van der Waals surface area contributed by atoms with Crippen LogP contribution in [0.4, 0.5) is 18.3 Å². The Hall–Kier alpha value is -2.46. The average Bonchev–Trinajstić information content (AvgIpc) is 3.14. The molecule has 3 aromatic rings. The Morgan fingerprint density at radius 3 is 2.54 bits per heavy atom. The van der Waals surface area contributed by atoms with Crippen LogP contribution in [-0.4, -0.2) is 23.9 Å². The van der Waals surface area contributed by atoms with Crippen molar-refractivity contribution in [3.05, 3.63) is 59.4 Å². The SMILES string of the molecule is COc1cc(CSc2nnc(NCc3ccc(F)cc3)s2)ccc1OC(F)F. The van der Waals surface area contributed by atoms with Gasteiger partial charge in [0.2, 0.25) is 5.13 Å². The van der Waals surface area contributed by atoms with Crippen molar-refractivity contribution in [2.75, 3.05) is 12.4 Å². The number of nitrogens with zero attached hydrogens (tertiary/aromatic N) is 2. The Balaban J connectivity index is 1.54. The highest BCUT2D eigenvalue weighted by Gasteiger charge is 2.12. The molecule has 1 aromatic heterocycles. The Bertz CT molecular complexity index is 907. The molecular formula is C18H16F3N3O2S2. The molecule has 0 unspecified atom stereocenters. The van der Waals surface area contributed by atoms with E-state index < -0.39 is 6.61 Å². The first-order chi connectivity index (χ1) is 13.5. The van der Waals surface area contributed by atoms with Crippen LogP contribution in [-0.2, 0) is 12.3 Å². The van der Waals surface area contributed by atoms with Crippen LogP contribution in [0.1, 0.15) is 11.1 Å². The second-order valence-corrected chi connectivity index (χ2v) is 7.71. The highest BCUT2D eigenvalue weighted by Crippen LogP contribution is 2.33. The zero-order valence-corrected chi connectivity index (χ0v) is 16.3. The fourth-order valence-corrected chi connectivity index (χ4v) is 3.95. The predicted octanol–water partition coefficient (Wildman–Crippen LogP) is 5.19. The van der Waals surface area contributed by atoms with Crippen molar-refractivity contribution in [1.82, 2.24) is 10.2 Å². The van der Waals surface area contributed by atoms with Crippen molar-refractivity contribution in [2.45, 2.75) is 23.2 Å². The molecular weight excluding hydrogens is 411 g/mol. The summed E-state index contributed by atoms with van der Waals surface area (Å²) >= 11 is 2.86. The van der Waals surface area contributed by atoms with Gasteiger partial charge in [0.15, 0.2) is 15.8 Å². The molecule has 0 radical (unpaired) electrons. The van der Waals surface area contributed by atoms with Gasteiger partial charge in [-0.1, -0.05) is 41.3 Å². The maximum atomic E-state index is 12.9. The number of halogens is 3. The third-order valence-electron chi connectivity index (χ3n) is 3.57. The first-order valence-corrected chi connectivity index (χ1v) is 9.90. The van der Waals surface area contributed by atoms with Gasteiger partial charge in [-0.25, -0.2) is 4.39 Å². The first-order valence-electron chi connectivity index (χ1n) is 8.10. The molecule has 0 fully saturated rings. The molecule has 0 saturated heterocycles. The monoisotopic (exact) mass is 427 g/mol. The van der Waals surface area contributed by atoms with Gasteiger partial charge < -0.3 is 14.8 Å². The van der Waals surface area contributed by atoms with Crippen molar-refractivity contribution in [3.63, 3.8) is 0 Å². The Labute approximate surface area is 167 Å². The van der Waals surface area contributed by atoms with Crippen LogP contribution < -0.4 is 14.8 Å². The molecule has 5 nitrogen and oxygen atoms in total. The molecule has 0 atom stereocenters. The van der Waals surface area contributed by atoms with Crippen molar-refractivity contribution in [2.24, 2.45) is 0 Å². The van der Waals surface area contributed by atoms with Crippen molar-refractivity contribution < 1.29 is 22.6 Å². The molecule has 0 spiro atoms. The lowest BCUT2D eigenvalue weighted by Crippen LogP contribution is -2.03. The van der Waals surface area contributed by atoms with Crippen molar-refractivity contribution in [3.8, 4) is 11.5 Å². The quantitative estimate of drug-likeness (QED) is 0.474. The van der Waals surface area contributed by atoms with E-state index in [1.165, 1.54) is 48.4 Å². The Morgan fingerprint density at radius 1 is 1.07 bits per heavy atom. The van der Waals surface area contributed by atoms with Gasteiger partial charge in [0.05, 0.1) is 7.11 Å². The molecule has 0 aliphatic carbocycles. The highest BCUT2D eigenvalue weighted by molar-refractivity contribution is 8.00. The summed E-state index contributed by atoms with van der Waals surface area (Å²) in [6, 6.07) is 11.0. The Morgan fingerprint density at radius 2 is 1.82 bits per heavy atom. The normalized spacial score (nSPS) is 10.9. The van der Waals surface area contributed by atoms with E-state index in [2.05, 4.69) is 20.3 Å². The third-order valence-corrected chi connectivity index (χ3v) is 5.66. The molecule has 28 heavy (non-hydrogen) atoms. The van der Waals surface area contributed by atoms with E-state index in [1.54, 1.807) is 24.3 Å². The van der Waals surface area contributed by atoms with E-state index >= 15 is 0 Å². The largest absolute Gasteiger partial charge is 0.493 e. The van der Waals surface area contributed by atoms with Gasteiger partial charge in [-0.05, 0) is 35.4 Å². The van der Waals surface area contributed by atoms with Crippen LogP contribution in [0, 0.1) is 5.82 Å². The molecule has 0 amide bonds. The number of rotatable bonds is 9. The summed E-state index contributed by atoms with van der Waals surface area (Å²) in [6.07, 6.45) is 0. The summed E-state index contributed by atoms with van der Waals surface area (Å²) in [7, 11) is 1.40. The molecule has 0 bridgehead atoms. The number of hydrogen-bond donors (Lipinski definition) is 1. The van der Waals surface area contributed by atoms with Gasteiger partial charge in [0.25, 0.3) is 0 Å². The summed E-state index contributed by atoms with van der Waals surface area (Å²) in [5.74, 6) is 0.535. The van der Waals surface area contributed by atoms with E-state index in [0.717, 1.165) is 15.5 Å². The maximum absolute atomic E-state index is 12.9. The molecule has 2 aromatic carbocycles. The predicted molar refractivity (Wildman–Crippen MR) is 103 cm³/mol. The minimum atomic E-state index is -2.91. The smallest absolute Gasteiger partial charge is 0.387 e. The number of thioether (sulfide) groups is 1. The third kappa shape index (κ3) is 5.77. The van der Waals surface area contributed by atoms with Crippen LogP contribution in [0.3, 0.4) is 0 Å². The fourth-order valence-electron chi connectivity index (χ4n) is 2.26. The van der Waals surface area contributed by atoms with Gasteiger partial charge >= 0.3 is 6.61 Å². The van der Waals surface area contributed by atoms with Crippen molar-refractivity contribution >= 4 is 28.2 Å². The molecule has 1 heterocycles. The van der Waals surface area contributed by atoms with Crippen LogP contribution in [0.15, 0.2) is 46.8 Å². The van der Waals surface area contributed by atoms with Crippen LogP contribution in [0.2, 0.25) is 0 Å². The second kappa shape index (κ2) is 9.65. The minimum Gasteiger partial charge on any atom is -0.493 e. The fraction of sp³-hybridized carbons (Fsp3) is 0.222. The maximum Gasteiger partial charge on any atom is 0.387 e. The zero-order chi connectivity index (χ0) is 19.9. The van der Waals surface area contributed by atoms with Crippen LogP contribution >= 0.6 is 23.1 Å². The highest BCUT2D eigenvalue weighted by atomic mass is 32.2. The molecule has 10 heteroatoms. The summed E-state index contributed by atoms with van der Waals surface area (Å²) in [5.41, 5.74) is 1.81. The number of nitrogens with one attached hydrogen (secondary N) is 1. The summed E-state index contributed by atoms with van der Waals surface area (Å²) in [5, 5.41) is 12.0. The first kappa shape index (κ1) is 20.3. The van der Waals surface area contributed by atoms with Crippen molar-refractivity contribution in [1.29, 1.82) is 0 Å². The number of aromatic nitrogens is 2. The van der Waals surface area contributed by atoms with E-state index in [4.69, 9.17) is 4.74 Å². The number of alkyl halides is 2. The van der Waals surface area contributed by atoms with Crippen LogP contribution in [0.25, 0.3) is 0 Å². The molecule has 148 valence electrons. The number of hydrogen-bond acceptors (Lipinski definition) is 7. The van der Waals surface area contributed by atoms with E-state index in [-0.39, 0.29) is 17.3 Å². The van der Waals surface area contributed by atoms with Gasteiger partial charge in [-0.15, -0.1) is 10.2 Å². The van der Waals surface area contributed by atoms with E-state index in [1.807, 2.05) is 0 Å². The van der Waals surface area contributed by atoms with E-state index in [0.29, 0.717) is 17.4 Å². The molecule has 3 rings (SSSR count).